The lowest BCUT2D eigenvalue weighted by Crippen LogP contribution is -2.49. The quantitative estimate of drug-likeness (QED) is 0.676. The average Bonchev–Trinajstić information content (AvgIpc) is 3.25. The van der Waals surface area contributed by atoms with Gasteiger partial charge in [-0.1, -0.05) is 12.1 Å². The Bertz CT molecular complexity index is 1040. The number of amides is 1. The molecule has 2 aliphatic rings. The Kier molecular flexibility index (Phi) is 6.31. The zero-order valence-corrected chi connectivity index (χ0v) is 18.8. The van der Waals surface area contributed by atoms with Gasteiger partial charge in [-0.3, -0.25) is 4.79 Å². The molecular weight excluding hydrogens is 418 g/mol. The van der Waals surface area contributed by atoms with Gasteiger partial charge in [0.25, 0.3) is 10.0 Å². The van der Waals surface area contributed by atoms with Gasteiger partial charge in [0.1, 0.15) is 6.54 Å². The Hall–Kier alpha value is -2.43. The van der Waals surface area contributed by atoms with Gasteiger partial charge < -0.3 is 19.1 Å². The number of anilines is 1. The second kappa shape index (κ2) is 8.97. The SMILES string of the molecule is Cc1ccc(C)c(N2CCN(C(=O)Cn3cnc(S(=O)(=O)N4CCOCC4)c3)CC2)c1. The highest BCUT2D eigenvalue weighted by atomic mass is 32.2. The fourth-order valence-electron chi connectivity index (χ4n) is 3.99. The molecule has 0 N–H and O–H groups in total. The van der Waals surface area contributed by atoms with Crippen LogP contribution in [-0.4, -0.2) is 85.6 Å². The highest BCUT2D eigenvalue weighted by molar-refractivity contribution is 7.89. The lowest BCUT2D eigenvalue weighted by molar-refractivity contribution is -0.132. The Labute approximate surface area is 183 Å². The van der Waals surface area contributed by atoms with Crippen molar-refractivity contribution < 1.29 is 17.9 Å². The number of sulfonamides is 1. The molecule has 0 spiro atoms. The average molecular weight is 448 g/mol. The van der Waals surface area contributed by atoms with E-state index in [1.807, 2.05) is 4.90 Å². The standard InChI is InChI=1S/C21H29N5O4S/c1-17-3-4-18(2)19(13-17)24-5-7-25(8-6-24)21(27)15-23-14-20(22-16-23)31(28,29)26-9-11-30-12-10-26/h3-4,13-14,16H,5-12,15H2,1-2H3. The number of aryl methyl sites for hydroxylation is 2. The van der Waals surface area contributed by atoms with Crippen LogP contribution < -0.4 is 4.90 Å². The first kappa shape index (κ1) is 21.8. The topological polar surface area (TPSA) is 88.0 Å². The first-order chi connectivity index (χ1) is 14.8. The van der Waals surface area contributed by atoms with Crippen molar-refractivity contribution in [2.75, 3.05) is 57.4 Å². The monoisotopic (exact) mass is 447 g/mol. The van der Waals surface area contributed by atoms with Crippen LogP contribution in [0.3, 0.4) is 0 Å². The van der Waals surface area contributed by atoms with Crippen molar-refractivity contribution in [3.8, 4) is 0 Å². The van der Waals surface area contributed by atoms with Gasteiger partial charge in [0, 0.05) is 51.2 Å². The normalized spacial score (nSPS) is 18.4. The van der Waals surface area contributed by atoms with Crippen molar-refractivity contribution >= 4 is 21.6 Å². The van der Waals surface area contributed by atoms with Crippen molar-refractivity contribution in [2.24, 2.45) is 0 Å². The van der Waals surface area contributed by atoms with Crippen LogP contribution in [0.5, 0.6) is 0 Å². The summed E-state index contributed by atoms with van der Waals surface area (Å²) in [7, 11) is -3.66. The smallest absolute Gasteiger partial charge is 0.262 e. The lowest BCUT2D eigenvalue weighted by Gasteiger charge is -2.37. The number of nitrogens with zero attached hydrogens (tertiary/aromatic N) is 5. The van der Waals surface area contributed by atoms with E-state index in [2.05, 4.69) is 41.9 Å². The molecule has 1 aromatic carbocycles. The molecule has 0 aliphatic carbocycles. The summed E-state index contributed by atoms with van der Waals surface area (Å²) in [5, 5.41) is -0.0260. The predicted molar refractivity (Wildman–Crippen MR) is 117 cm³/mol. The summed E-state index contributed by atoms with van der Waals surface area (Å²) in [6.45, 7) is 8.49. The van der Waals surface area contributed by atoms with E-state index >= 15 is 0 Å². The molecular formula is C21H29N5O4S. The summed E-state index contributed by atoms with van der Waals surface area (Å²) in [6, 6.07) is 6.43. The summed E-state index contributed by atoms with van der Waals surface area (Å²) in [6.07, 6.45) is 2.85. The minimum Gasteiger partial charge on any atom is -0.379 e. The van der Waals surface area contributed by atoms with Gasteiger partial charge in [-0.25, -0.2) is 13.4 Å². The molecule has 2 aromatic rings. The molecule has 2 aliphatic heterocycles. The highest BCUT2D eigenvalue weighted by Gasteiger charge is 2.29. The number of ether oxygens (including phenoxy) is 1. The molecule has 9 nitrogen and oxygen atoms in total. The number of hydrogen-bond acceptors (Lipinski definition) is 6. The number of imidazole rings is 1. The minimum absolute atomic E-state index is 0.0260. The Morgan fingerprint density at radius 3 is 2.48 bits per heavy atom. The van der Waals surface area contributed by atoms with Gasteiger partial charge in [-0.15, -0.1) is 0 Å². The molecule has 0 saturated carbocycles. The van der Waals surface area contributed by atoms with E-state index in [9.17, 15) is 13.2 Å². The maximum Gasteiger partial charge on any atom is 0.262 e. The van der Waals surface area contributed by atoms with Gasteiger partial charge in [-0.05, 0) is 31.0 Å². The number of carbonyl (C=O) groups is 1. The van der Waals surface area contributed by atoms with Crippen LogP contribution in [0.2, 0.25) is 0 Å². The van der Waals surface area contributed by atoms with Gasteiger partial charge in [0.05, 0.1) is 19.5 Å². The molecule has 1 aromatic heterocycles. The molecule has 0 unspecified atom stereocenters. The molecule has 4 rings (SSSR count). The van der Waals surface area contributed by atoms with E-state index in [1.54, 1.807) is 4.57 Å². The van der Waals surface area contributed by atoms with Crippen LogP contribution in [0, 0.1) is 13.8 Å². The van der Waals surface area contributed by atoms with E-state index in [-0.39, 0.29) is 17.5 Å². The fourth-order valence-corrected chi connectivity index (χ4v) is 5.33. The van der Waals surface area contributed by atoms with Gasteiger partial charge in [-0.2, -0.15) is 4.31 Å². The van der Waals surface area contributed by atoms with Crippen molar-refractivity contribution in [3.05, 3.63) is 41.9 Å². The summed E-state index contributed by atoms with van der Waals surface area (Å²) in [5.74, 6) is -0.0339. The summed E-state index contributed by atoms with van der Waals surface area (Å²) >= 11 is 0. The summed E-state index contributed by atoms with van der Waals surface area (Å²) in [5.41, 5.74) is 3.68. The van der Waals surface area contributed by atoms with Gasteiger partial charge >= 0.3 is 0 Å². The third kappa shape index (κ3) is 4.76. The molecule has 168 valence electrons. The number of morpholine rings is 1. The second-order valence-electron chi connectivity index (χ2n) is 8.06. The lowest BCUT2D eigenvalue weighted by atomic mass is 10.1. The van der Waals surface area contributed by atoms with Crippen LogP contribution in [0.4, 0.5) is 5.69 Å². The first-order valence-corrected chi connectivity index (χ1v) is 12.0. The number of piperazine rings is 1. The molecule has 3 heterocycles. The minimum atomic E-state index is -3.66. The zero-order chi connectivity index (χ0) is 22.0. The molecule has 2 saturated heterocycles. The van der Waals surface area contributed by atoms with Crippen LogP contribution in [0.15, 0.2) is 35.7 Å². The molecule has 10 heteroatoms. The van der Waals surface area contributed by atoms with Gasteiger partial charge in [0.15, 0.2) is 5.03 Å². The number of benzene rings is 1. The molecule has 1 amide bonds. The maximum atomic E-state index is 12.8. The molecule has 2 fully saturated rings. The number of aromatic nitrogens is 2. The Morgan fingerprint density at radius 2 is 1.77 bits per heavy atom. The predicted octanol–water partition coefficient (Wildman–Crippen LogP) is 0.870. The number of rotatable bonds is 5. The highest BCUT2D eigenvalue weighted by Crippen LogP contribution is 2.23. The van der Waals surface area contributed by atoms with Crippen molar-refractivity contribution in [1.29, 1.82) is 0 Å². The van der Waals surface area contributed by atoms with Crippen molar-refractivity contribution in [1.82, 2.24) is 18.8 Å². The number of hydrogen-bond donors (Lipinski definition) is 0. The van der Waals surface area contributed by atoms with Crippen LogP contribution in [0.25, 0.3) is 0 Å². The van der Waals surface area contributed by atoms with E-state index in [0.717, 1.165) is 13.1 Å². The van der Waals surface area contributed by atoms with E-state index in [0.29, 0.717) is 39.4 Å². The van der Waals surface area contributed by atoms with E-state index in [1.165, 1.54) is 33.6 Å². The molecule has 0 radical (unpaired) electrons. The van der Waals surface area contributed by atoms with E-state index < -0.39 is 10.0 Å². The van der Waals surface area contributed by atoms with Crippen LogP contribution in [0.1, 0.15) is 11.1 Å². The van der Waals surface area contributed by atoms with E-state index in [4.69, 9.17) is 4.74 Å². The third-order valence-electron chi connectivity index (χ3n) is 5.84. The Morgan fingerprint density at radius 1 is 1.06 bits per heavy atom. The van der Waals surface area contributed by atoms with Crippen LogP contribution in [-0.2, 0) is 26.1 Å². The van der Waals surface area contributed by atoms with Crippen LogP contribution >= 0.6 is 0 Å². The molecule has 0 atom stereocenters. The van der Waals surface area contributed by atoms with Crippen molar-refractivity contribution in [3.63, 3.8) is 0 Å². The zero-order valence-electron chi connectivity index (χ0n) is 18.0. The van der Waals surface area contributed by atoms with Crippen molar-refractivity contribution in [2.45, 2.75) is 25.4 Å². The fraction of sp³-hybridized carbons (Fsp3) is 0.524. The summed E-state index contributed by atoms with van der Waals surface area (Å²) in [4.78, 5) is 21.0. The molecule has 31 heavy (non-hydrogen) atoms. The second-order valence-corrected chi connectivity index (χ2v) is 9.94. The largest absolute Gasteiger partial charge is 0.379 e. The molecule has 0 bridgehead atoms. The Balaban J connectivity index is 1.35. The third-order valence-corrected chi connectivity index (χ3v) is 7.62. The summed E-state index contributed by atoms with van der Waals surface area (Å²) < 4.78 is 33.5. The number of carbonyl (C=O) groups excluding carboxylic acids is 1. The van der Waals surface area contributed by atoms with Gasteiger partial charge in [0.2, 0.25) is 5.91 Å². The maximum absolute atomic E-state index is 12.8. The first-order valence-electron chi connectivity index (χ1n) is 10.5.